The number of benzene rings is 1. The number of carbonyl (C=O) groups excluding carboxylic acids is 1. The molecule has 0 saturated heterocycles. The second-order valence-corrected chi connectivity index (χ2v) is 5.31. The van der Waals surface area contributed by atoms with Crippen LogP contribution in [0.15, 0.2) is 55.0 Å². The zero-order valence-electron chi connectivity index (χ0n) is 12.2. The van der Waals surface area contributed by atoms with Crippen LogP contribution in [-0.2, 0) is 4.79 Å². The molecule has 0 atom stereocenters. The highest BCUT2D eigenvalue weighted by Gasteiger charge is 2.14. The molecule has 4 aromatic rings. The number of aromatic nitrogens is 3. The van der Waals surface area contributed by atoms with E-state index >= 15 is 0 Å². The Labute approximate surface area is 131 Å². The quantitative estimate of drug-likeness (QED) is 0.508. The SMILES string of the molecule is NC(=O)C(=Cc1c[nH]c2ncccc12)c1c[nH]c2ccccc12. The van der Waals surface area contributed by atoms with E-state index in [1.165, 1.54) is 0 Å². The van der Waals surface area contributed by atoms with E-state index in [2.05, 4.69) is 15.0 Å². The Hall–Kier alpha value is -3.34. The van der Waals surface area contributed by atoms with Crippen molar-refractivity contribution in [3.63, 3.8) is 0 Å². The summed E-state index contributed by atoms with van der Waals surface area (Å²) in [6.07, 6.45) is 7.17. The number of primary amides is 1. The van der Waals surface area contributed by atoms with Gasteiger partial charge in [0.2, 0.25) is 5.91 Å². The largest absolute Gasteiger partial charge is 0.366 e. The summed E-state index contributed by atoms with van der Waals surface area (Å²) in [6, 6.07) is 11.6. The number of aromatic amines is 2. The topological polar surface area (TPSA) is 87.6 Å². The maximum absolute atomic E-state index is 12.0. The number of rotatable bonds is 3. The number of amides is 1. The normalized spacial score (nSPS) is 12.1. The van der Waals surface area contributed by atoms with Gasteiger partial charge < -0.3 is 15.7 Å². The van der Waals surface area contributed by atoms with Gasteiger partial charge in [0.25, 0.3) is 0 Å². The molecule has 0 saturated carbocycles. The van der Waals surface area contributed by atoms with Crippen molar-refractivity contribution in [1.29, 1.82) is 0 Å². The highest BCUT2D eigenvalue weighted by atomic mass is 16.1. The van der Waals surface area contributed by atoms with Gasteiger partial charge in [0.15, 0.2) is 0 Å². The zero-order chi connectivity index (χ0) is 15.8. The van der Waals surface area contributed by atoms with Crippen LogP contribution in [0.1, 0.15) is 11.1 Å². The zero-order valence-corrected chi connectivity index (χ0v) is 12.2. The third kappa shape index (κ3) is 2.19. The van der Waals surface area contributed by atoms with E-state index in [0.717, 1.165) is 33.1 Å². The monoisotopic (exact) mass is 302 g/mol. The fourth-order valence-corrected chi connectivity index (χ4v) is 2.83. The predicted octanol–water partition coefficient (Wildman–Crippen LogP) is 3.07. The molecule has 0 aliphatic heterocycles. The molecule has 0 unspecified atom stereocenters. The molecular formula is C18H14N4O. The first-order valence-corrected chi connectivity index (χ1v) is 7.24. The van der Waals surface area contributed by atoms with Crippen molar-refractivity contribution in [2.24, 2.45) is 5.73 Å². The second-order valence-electron chi connectivity index (χ2n) is 5.31. The van der Waals surface area contributed by atoms with Gasteiger partial charge in [0.1, 0.15) is 5.65 Å². The van der Waals surface area contributed by atoms with Gasteiger partial charge in [-0.1, -0.05) is 18.2 Å². The molecule has 3 aromatic heterocycles. The average Bonchev–Trinajstić information content (AvgIpc) is 3.16. The number of carbonyl (C=O) groups is 1. The molecule has 23 heavy (non-hydrogen) atoms. The summed E-state index contributed by atoms with van der Waals surface area (Å²) < 4.78 is 0. The summed E-state index contributed by atoms with van der Waals surface area (Å²) in [7, 11) is 0. The fraction of sp³-hybridized carbons (Fsp3) is 0. The molecule has 0 fully saturated rings. The van der Waals surface area contributed by atoms with Gasteiger partial charge in [-0.3, -0.25) is 4.79 Å². The lowest BCUT2D eigenvalue weighted by Crippen LogP contribution is -2.12. The summed E-state index contributed by atoms with van der Waals surface area (Å²) >= 11 is 0. The third-order valence-electron chi connectivity index (χ3n) is 3.93. The molecule has 0 bridgehead atoms. The predicted molar refractivity (Wildman–Crippen MR) is 91.5 cm³/mol. The van der Waals surface area contributed by atoms with Crippen molar-refractivity contribution >= 4 is 39.5 Å². The van der Waals surface area contributed by atoms with Crippen molar-refractivity contribution in [3.8, 4) is 0 Å². The molecule has 4 rings (SSSR count). The van der Waals surface area contributed by atoms with E-state index in [-0.39, 0.29) is 0 Å². The van der Waals surface area contributed by atoms with Crippen molar-refractivity contribution in [2.45, 2.75) is 0 Å². The van der Waals surface area contributed by atoms with Crippen molar-refractivity contribution in [1.82, 2.24) is 15.0 Å². The summed E-state index contributed by atoms with van der Waals surface area (Å²) in [6.45, 7) is 0. The molecule has 1 amide bonds. The Bertz CT molecular complexity index is 1050. The Balaban J connectivity index is 1.93. The van der Waals surface area contributed by atoms with E-state index in [9.17, 15) is 4.79 Å². The van der Waals surface area contributed by atoms with Crippen LogP contribution in [0.2, 0.25) is 0 Å². The van der Waals surface area contributed by atoms with E-state index in [1.54, 1.807) is 12.3 Å². The molecule has 1 aromatic carbocycles. The van der Waals surface area contributed by atoms with Gasteiger partial charge in [-0.05, 0) is 24.3 Å². The van der Waals surface area contributed by atoms with E-state index in [1.807, 2.05) is 48.8 Å². The first-order valence-electron chi connectivity index (χ1n) is 7.24. The minimum atomic E-state index is -0.465. The second kappa shape index (κ2) is 5.14. The minimum Gasteiger partial charge on any atom is -0.366 e. The van der Waals surface area contributed by atoms with Gasteiger partial charge >= 0.3 is 0 Å². The smallest absolute Gasteiger partial charge is 0.249 e. The fourth-order valence-electron chi connectivity index (χ4n) is 2.83. The third-order valence-corrected chi connectivity index (χ3v) is 3.93. The van der Waals surface area contributed by atoms with Crippen LogP contribution in [-0.4, -0.2) is 20.9 Å². The Kier molecular flexibility index (Phi) is 2.98. The Morgan fingerprint density at radius 2 is 1.87 bits per heavy atom. The number of hydrogen-bond donors (Lipinski definition) is 3. The molecule has 0 aliphatic rings. The molecule has 0 aliphatic carbocycles. The minimum absolute atomic E-state index is 0.465. The molecule has 0 spiro atoms. The molecule has 3 heterocycles. The number of H-pyrrole nitrogens is 2. The molecule has 5 heteroatoms. The molecule has 4 N–H and O–H groups in total. The van der Waals surface area contributed by atoms with Crippen LogP contribution in [0.5, 0.6) is 0 Å². The molecule has 112 valence electrons. The summed E-state index contributed by atoms with van der Waals surface area (Å²) in [5.41, 5.74) is 9.52. The first-order chi connectivity index (χ1) is 11.2. The van der Waals surface area contributed by atoms with Crippen LogP contribution in [0, 0.1) is 0 Å². The van der Waals surface area contributed by atoms with Crippen LogP contribution in [0.4, 0.5) is 0 Å². The van der Waals surface area contributed by atoms with Gasteiger partial charge in [-0.15, -0.1) is 0 Å². The van der Waals surface area contributed by atoms with Crippen molar-refractivity contribution in [3.05, 3.63) is 66.1 Å². The summed E-state index contributed by atoms with van der Waals surface area (Å²) in [5, 5.41) is 1.92. The van der Waals surface area contributed by atoms with Crippen LogP contribution < -0.4 is 5.73 Å². The van der Waals surface area contributed by atoms with Crippen LogP contribution >= 0.6 is 0 Å². The van der Waals surface area contributed by atoms with Crippen LogP contribution in [0.3, 0.4) is 0 Å². The van der Waals surface area contributed by atoms with Gasteiger partial charge in [0, 0.05) is 51.6 Å². The highest BCUT2D eigenvalue weighted by molar-refractivity contribution is 6.27. The lowest BCUT2D eigenvalue weighted by Gasteiger charge is -2.02. The maximum Gasteiger partial charge on any atom is 0.249 e. The number of nitrogens with zero attached hydrogens (tertiary/aromatic N) is 1. The standard InChI is InChI=1S/C18H14N4O/c19-17(23)14(15-10-21-16-6-2-1-4-13(15)16)8-11-9-22-18-12(11)5-3-7-20-18/h1-10,21H,(H2,19,23)(H,20,22). The van der Waals surface area contributed by atoms with Crippen molar-refractivity contribution < 1.29 is 4.79 Å². The maximum atomic E-state index is 12.0. The van der Waals surface area contributed by atoms with Gasteiger partial charge in [-0.2, -0.15) is 0 Å². The van der Waals surface area contributed by atoms with E-state index in [0.29, 0.717) is 5.57 Å². The van der Waals surface area contributed by atoms with Crippen molar-refractivity contribution in [2.75, 3.05) is 0 Å². The number of nitrogens with two attached hydrogens (primary N) is 1. The summed E-state index contributed by atoms with van der Waals surface area (Å²) in [5.74, 6) is -0.465. The molecule has 0 radical (unpaired) electrons. The Morgan fingerprint density at radius 3 is 2.74 bits per heavy atom. The Morgan fingerprint density at radius 1 is 1.04 bits per heavy atom. The number of nitrogens with one attached hydrogen (secondary N) is 2. The first kappa shape index (κ1) is 13.3. The lowest BCUT2D eigenvalue weighted by atomic mass is 10.0. The van der Waals surface area contributed by atoms with E-state index < -0.39 is 5.91 Å². The number of pyridine rings is 1. The van der Waals surface area contributed by atoms with E-state index in [4.69, 9.17) is 5.73 Å². The average molecular weight is 302 g/mol. The molecular weight excluding hydrogens is 288 g/mol. The molecule has 5 nitrogen and oxygen atoms in total. The van der Waals surface area contributed by atoms with Gasteiger partial charge in [0.05, 0.1) is 0 Å². The van der Waals surface area contributed by atoms with Gasteiger partial charge in [-0.25, -0.2) is 4.98 Å². The lowest BCUT2D eigenvalue weighted by molar-refractivity contribution is -0.112. The van der Waals surface area contributed by atoms with Crippen LogP contribution in [0.25, 0.3) is 33.6 Å². The highest BCUT2D eigenvalue weighted by Crippen LogP contribution is 2.28. The number of para-hydroxylation sites is 1. The number of hydrogen-bond acceptors (Lipinski definition) is 2. The number of fused-ring (bicyclic) bond motifs is 2. The summed E-state index contributed by atoms with van der Waals surface area (Å²) in [4.78, 5) is 22.5.